The zero-order chi connectivity index (χ0) is 16.5. The fourth-order valence-electron chi connectivity index (χ4n) is 1.86. The second kappa shape index (κ2) is 6.16. The Labute approximate surface area is 135 Å². The first-order valence-corrected chi connectivity index (χ1v) is 7.43. The third kappa shape index (κ3) is 3.98. The van der Waals surface area contributed by atoms with Crippen molar-refractivity contribution in [3.8, 4) is 5.75 Å². The minimum Gasteiger partial charge on any atom is -0.491 e. The highest BCUT2D eigenvalue weighted by Gasteiger charge is 2.56. The Bertz CT molecular complexity index is 576. The number of hydrogen-bond donors (Lipinski definition) is 1. The van der Waals surface area contributed by atoms with Crippen molar-refractivity contribution in [1.82, 2.24) is 0 Å². The van der Waals surface area contributed by atoms with Crippen LogP contribution in [0.1, 0.15) is 25.3 Å². The normalized spacial score (nSPS) is 19.6. The summed E-state index contributed by atoms with van der Waals surface area (Å²) in [6.45, 7) is 2.19. The maximum atomic E-state index is 12.8. The van der Waals surface area contributed by atoms with Gasteiger partial charge >= 0.3 is 6.18 Å². The summed E-state index contributed by atoms with van der Waals surface area (Å²) in [5.74, 6) is -0.978. The summed E-state index contributed by atoms with van der Waals surface area (Å²) in [5.41, 5.74) is -0.908. The number of anilines is 1. The highest BCUT2D eigenvalue weighted by atomic mass is 35.5. The monoisotopic (exact) mass is 355 g/mol. The average molecular weight is 356 g/mol. The van der Waals surface area contributed by atoms with E-state index in [0.717, 1.165) is 12.1 Å². The molecule has 0 radical (unpaired) electrons. The smallest absolute Gasteiger partial charge is 0.416 e. The molecule has 1 aromatic carbocycles. The summed E-state index contributed by atoms with van der Waals surface area (Å²) in [6.07, 6.45) is -3.55. The van der Waals surface area contributed by atoms with Crippen LogP contribution in [0.3, 0.4) is 0 Å². The fourth-order valence-corrected chi connectivity index (χ4v) is 2.37. The zero-order valence-corrected chi connectivity index (χ0v) is 13.1. The van der Waals surface area contributed by atoms with Gasteiger partial charge in [0.15, 0.2) is 0 Å². The molecule has 122 valence electrons. The molecule has 22 heavy (non-hydrogen) atoms. The van der Waals surface area contributed by atoms with Crippen LogP contribution in [0, 0.1) is 5.92 Å². The lowest BCUT2D eigenvalue weighted by Crippen LogP contribution is -2.18. The van der Waals surface area contributed by atoms with Gasteiger partial charge in [-0.3, -0.25) is 4.79 Å². The van der Waals surface area contributed by atoms with Crippen molar-refractivity contribution in [3.05, 3.63) is 23.8 Å². The lowest BCUT2D eigenvalue weighted by Gasteiger charge is -2.15. The van der Waals surface area contributed by atoms with Crippen molar-refractivity contribution in [2.45, 2.75) is 30.3 Å². The van der Waals surface area contributed by atoms with Crippen molar-refractivity contribution >= 4 is 34.8 Å². The molecule has 0 saturated heterocycles. The molecule has 1 aliphatic carbocycles. The van der Waals surface area contributed by atoms with E-state index in [1.165, 1.54) is 6.07 Å². The van der Waals surface area contributed by atoms with Crippen LogP contribution >= 0.6 is 23.2 Å². The first-order chi connectivity index (χ1) is 10.1. The van der Waals surface area contributed by atoms with Gasteiger partial charge in [-0.25, -0.2) is 0 Å². The van der Waals surface area contributed by atoms with Crippen molar-refractivity contribution in [2.75, 3.05) is 11.9 Å². The second-order valence-electron chi connectivity index (χ2n) is 5.06. The predicted octanol–water partition coefficient (Wildman–Crippen LogP) is 4.63. The first kappa shape index (κ1) is 17.2. The molecule has 1 saturated carbocycles. The van der Waals surface area contributed by atoms with Crippen LogP contribution in [0.2, 0.25) is 0 Å². The van der Waals surface area contributed by atoms with Gasteiger partial charge in [-0.1, -0.05) is 6.92 Å². The highest BCUT2D eigenvalue weighted by Crippen LogP contribution is 2.53. The van der Waals surface area contributed by atoms with Crippen LogP contribution in [-0.2, 0) is 11.0 Å². The van der Waals surface area contributed by atoms with Crippen molar-refractivity contribution in [2.24, 2.45) is 5.92 Å². The van der Waals surface area contributed by atoms with Crippen LogP contribution in [0.5, 0.6) is 5.75 Å². The Morgan fingerprint density at radius 3 is 2.59 bits per heavy atom. The Balaban J connectivity index is 2.23. The Hall–Kier alpha value is -1.14. The quantitative estimate of drug-likeness (QED) is 0.782. The molecule has 0 spiro atoms. The number of halogens is 5. The average Bonchev–Trinajstić information content (AvgIpc) is 3.05. The van der Waals surface area contributed by atoms with Crippen molar-refractivity contribution in [1.29, 1.82) is 0 Å². The van der Waals surface area contributed by atoms with E-state index in [9.17, 15) is 18.0 Å². The molecular formula is C14H14Cl2F3NO2. The summed E-state index contributed by atoms with van der Waals surface area (Å²) in [6, 6.07) is 2.94. The summed E-state index contributed by atoms with van der Waals surface area (Å²) in [5, 5.41) is 2.42. The molecule has 1 atom stereocenters. The number of nitrogens with one attached hydrogen (secondary N) is 1. The standard InChI is InChI=1S/C14H14Cl2F3NO2/c1-2-5-22-11-4-3-8(14(17,18)19)6-10(11)20-12(21)9-7-13(9,15)16/h3-4,6,9H,2,5,7H2,1H3,(H,20,21). The summed E-state index contributed by atoms with van der Waals surface area (Å²) >= 11 is 11.6. The topological polar surface area (TPSA) is 38.3 Å². The molecular weight excluding hydrogens is 342 g/mol. The van der Waals surface area contributed by atoms with Gasteiger partial charge in [0.2, 0.25) is 5.91 Å². The number of hydrogen-bond acceptors (Lipinski definition) is 2. The number of rotatable bonds is 5. The molecule has 0 bridgehead atoms. The third-order valence-electron chi connectivity index (χ3n) is 3.17. The Morgan fingerprint density at radius 2 is 2.09 bits per heavy atom. The number of carbonyl (C=O) groups excluding carboxylic acids is 1. The van der Waals surface area contributed by atoms with Gasteiger partial charge in [-0.15, -0.1) is 23.2 Å². The highest BCUT2D eigenvalue weighted by molar-refractivity contribution is 6.52. The van der Waals surface area contributed by atoms with E-state index in [2.05, 4.69) is 5.32 Å². The predicted molar refractivity (Wildman–Crippen MR) is 78.4 cm³/mol. The maximum Gasteiger partial charge on any atom is 0.416 e. The van der Waals surface area contributed by atoms with E-state index in [0.29, 0.717) is 13.0 Å². The van der Waals surface area contributed by atoms with Crippen molar-refractivity contribution in [3.63, 3.8) is 0 Å². The molecule has 8 heteroatoms. The second-order valence-corrected chi connectivity index (χ2v) is 6.61. The van der Waals surface area contributed by atoms with E-state index in [-0.39, 0.29) is 17.9 Å². The summed E-state index contributed by atoms with van der Waals surface area (Å²) in [4.78, 5) is 12.0. The fraction of sp³-hybridized carbons (Fsp3) is 0.500. The summed E-state index contributed by atoms with van der Waals surface area (Å²) < 4.78 is 42.6. The molecule has 2 rings (SSSR count). The molecule has 1 N–H and O–H groups in total. The van der Waals surface area contributed by atoms with Crippen molar-refractivity contribution < 1.29 is 22.7 Å². The molecule has 1 amide bonds. The van der Waals surface area contributed by atoms with Crippen LogP contribution in [0.15, 0.2) is 18.2 Å². The minimum atomic E-state index is -4.51. The Morgan fingerprint density at radius 1 is 1.45 bits per heavy atom. The lowest BCUT2D eigenvalue weighted by molar-refractivity contribution is -0.137. The Kier molecular flexibility index (Phi) is 4.82. The van der Waals surface area contributed by atoms with Gasteiger partial charge in [-0.2, -0.15) is 13.2 Å². The number of alkyl halides is 5. The van der Waals surface area contributed by atoms with Crippen LogP contribution in [0.4, 0.5) is 18.9 Å². The number of amides is 1. The van der Waals surface area contributed by atoms with E-state index >= 15 is 0 Å². The van der Waals surface area contributed by atoms with E-state index in [1.54, 1.807) is 0 Å². The van der Waals surface area contributed by atoms with E-state index in [1.807, 2.05) is 6.92 Å². The van der Waals surface area contributed by atoms with E-state index < -0.39 is 27.9 Å². The zero-order valence-electron chi connectivity index (χ0n) is 11.6. The maximum absolute atomic E-state index is 12.8. The SMILES string of the molecule is CCCOc1ccc(C(F)(F)F)cc1NC(=O)C1CC1(Cl)Cl. The van der Waals surface area contributed by atoms with Gasteiger partial charge in [0.25, 0.3) is 0 Å². The molecule has 1 aromatic rings. The van der Waals surface area contributed by atoms with Crippen LogP contribution in [-0.4, -0.2) is 16.8 Å². The first-order valence-electron chi connectivity index (χ1n) is 6.68. The molecule has 3 nitrogen and oxygen atoms in total. The van der Waals surface area contributed by atoms with Gasteiger partial charge in [0, 0.05) is 0 Å². The molecule has 1 aliphatic rings. The molecule has 1 unspecified atom stereocenters. The van der Waals surface area contributed by atoms with E-state index in [4.69, 9.17) is 27.9 Å². The number of benzene rings is 1. The van der Waals surface area contributed by atoms with Gasteiger partial charge in [0.1, 0.15) is 10.1 Å². The number of ether oxygens (including phenoxy) is 1. The molecule has 1 fully saturated rings. The molecule has 0 aromatic heterocycles. The minimum absolute atomic E-state index is 0.0377. The third-order valence-corrected chi connectivity index (χ3v) is 4.00. The van der Waals surface area contributed by atoms with Gasteiger partial charge in [-0.05, 0) is 31.0 Å². The van der Waals surface area contributed by atoms with Gasteiger partial charge < -0.3 is 10.1 Å². The van der Waals surface area contributed by atoms with Gasteiger partial charge in [0.05, 0.1) is 23.8 Å². The van der Waals surface area contributed by atoms with Crippen LogP contribution in [0.25, 0.3) is 0 Å². The van der Waals surface area contributed by atoms with Crippen LogP contribution < -0.4 is 10.1 Å². The largest absolute Gasteiger partial charge is 0.491 e. The summed E-state index contributed by atoms with van der Waals surface area (Å²) in [7, 11) is 0. The lowest BCUT2D eigenvalue weighted by atomic mass is 10.1. The number of carbonyl (C=O) groups is 1. The molecule has 0 aliphatic heterocycles. The molecule has 0 heterocycles.